The molecule has 4 heterocycles. The lowest BCUT2D eigenvalue weighted by molar-refractivity contribution is -0.480. The maximum Gasteiger partial charge on any atom is 0.313 e. The van der Waals surface area contributed by atoms with Crippen LogP contribution in [0.15, 0.2) is 24.5 Å². The van der Waals surface area contributed by atoms with Crippen molar-refractivity contribution in [3.05, 3.63) is 30.1 Å². The number of aromatic nitrogens is 1. The third-order valence-corrected chi connectivity index (χ3v) is 3.50. The number of hydrogen-bond acceptors (Lipinski definition) is 4. The van der Waals surface area contributed by atoms with Crippen molar-refractivity contribution in [1.82, 2.24) is 4.98 Å². The van der Waals surface area contributed by atoms with E-state index in [-0.39, 0.29) is 5.41 Å². The number of pyridine rings is 1. The maximum absolute atomic E-state index is 5.82. The minimum absolute atomic E-state index is 0.0543. The van der Waals surface area contributed by atoms with E-state index in [1.165, 1.54) is 0 Å². The Kier molecular flexibility index (Phi) is 2.65. The summed E-state index contributed by atoms with van der Waals surface area (Å²) in [7, 11) is 0. The minimum atomic E-state index is -1.01. The number of hydrogen-bond donors (Lipinski definition) is 0. The average Bonchev–Trinajstić information content (AvgIpc) is 2.42. The van der Waals surface area contributed by atoms with Gasteiger partial charge in [0.2, 0.25) is 0 Å². The fourth-order valence-corrected chi connectivity index (χ4v) is 2.54. The van der Waals surface area contributed by atoms with Crippen molar-refractivity contribution >= 4 is 0 Å². The molecule has 0 saturated carbocycles. The lowest BCUT2D eigenvalue weighted by atomic mass is 9.84. The Labute approximate surface area is 101 Å². The first kappa shape index (κ1) is 11.1. The van der Waals surface area contributed by atoms with Gasteiger partial charge in [0, 0.05) is 17.8 Å². The molecule has 0 amide bonds. The van der Waals surface area contributed by atoms with E-state index >= 15 is 0 Å². The molecule has 4 nitrogen and oxygen atoms in total. The lowest BCUT2D eigenvalue weighted by Crippen LogP contribution is -2.58. The van der Waals surface area contributed by atoms with Crippen molar-refractivity contribution in [1.29, 1.82) is 0 Å². The molecule has 0 N–H and O–H groups in total. The molecule has 1 aromatic rings. The van der Waals surface area contributed by atoms with Crippen molar-refractivity contribution < 1.29 is 14.2 Å². The highest BCUT2D eigenvalue weighted by atomic mass is 16.9. The average molecular weight is 235 g/mol. The van der Waals surface area contributed by atoms with Crippen LogP contribution in [0.5, 0.6) is 0 Å². The Balaban J connectivity index is 1.82. The van der Waals surface area contributed by atoms with Crippen LogP contribution < -0.4 is 0 Å². The Morgan fingerprint density at radius 1 is 1.24 bits per heavy atom. The third-order valence-electron chi connectivity index (χ3n) is 3.50. The zero-order valence-electron chi connectivity index (χ0n) is 10.0. The van der Waals surface area contributed by atoms with E-state index in [9.17, 15) is 0 Å². The Morgan fingerprint density at radius 2 is 1.94 bits per heavy atom. The first-order valence-electron chi connectivity index (χ1n) is 6.11. The van der Waals surface area contributed by atoms with Crippen LogP contribution in [0.4, 0.5) is 0 Å². The van der Waals surface area contributed by atoms with Gasteiger partial charge in [0.15, 0.2) is 0 Å². The molecule has 4 heteroatoms. The summed E-state index contributed by atoms with van der Waals surface area (Å²) >= 11 is 0. The third kappa shape index (κ3) is 1.76. The van der Waals surface area contributed by atoms with Gasteiger partial charge in [-0.05, 0) is 18.6 Å². The molecule has 3 fully saturated rings. The van der Waals surface area contributed by atoms with Gasteiger partial charge in [-0.25, -0.2) is 0 Å². The van der Waals surface area contributed by atoms with Crippen molar-refractivity contribution in [2.24, 2.45) is 5.41 Å². The highest BCUT2D eigenvalue weighted by Crippen LogP contribution is 2.45. The largest absolute Gasteiger partial charge is 0.323 e. The summed E-state index contributed by atoms with van der Waals surface area (Å²) < 4.78 is 17.5. The molecule has 0 aromatic carbocycles. The van der Waals surface area contributed by atoms with Crippen molar-refractivity contribution in [2.45, 2.75) is 25.7 Å². The normalized spacial score (nSPS) is 36.1. The fraction of sp³-hybridized carbons (Fsp3) is 0.615. The van der Waals surface area contributed by atoms with E-state index in [1.54, 1.807) is 12.4 Å². The number of nitrogens with zero attached hydrogens (tertiary/aromatic N) is 1. The highest BCUT2D eigenvalue weighted by Gasteiger charge is 2.53. The van der Waals surface area contributed by atoms with Crippen molar-refractivity contribution in [2.75, 3.05) is 19.8 Å². The van der Waals surface area contributed by atoms with E-state index in [1.807, 2.05) is 12.1 Å². The van der Waals surface area contributed by atoms with Crippen LogP contribution in [0.2, 0.25) is 0 Å². The van der Waals surface area contributed by atoms with Gasteiger partial charge < -0.3 is 14.2 Å². The first-order valence-corrected chi connectivity index (χ1v) is 6.11. The van der Waals surface area contributed by atoms with Gasteiger partial charge in [-0.15, -0.1) is 0 Å². The Morgan fingerprint density at radius 3 is 2.47 bits per heavy atom. The zero-order valence-corrected chi connectivity index (χ0v) is 10.0. The van der Waals surface area contributed by atoms with Gasteiger partial charge in [-0.3, -0.25) is 4.98 Å². The molecule has 4 rings (SSSR count). The van der Waals surface area contributed by atoms with E-state index in [0.29, 0.717) is 19.8 Å². The standard InChI is InChI=1S/C13H17NO3/c1-2-5-12-8-15-13(16-9-12,17-10-12)11-4-3-6-14-7-11/h3-4,6-7H,2,5,8-10H2,1H3. The summed E-state index contributed by atoms with van der Waals surface area (Å²) in [5, 5.41) is 0. The molecular weight excluding hydrogens is 218 g/mol. The van der Waals surface area contributed by atoms with Crippen LogP contribution in [0.3, 0.4) is 0 Å². The molecule has 0 unspecified atom stereocenters. The van der Waals surface area contributed by atoms with E-state index in [0.717, 1.165) is 18.4 Å². The molecule has 17 heavy (non-hydrogen) atoms. The fourth-order valence-electron chi connectivity index (χ4n) is 2.54. The SMILES string of the molecule is CCCC12COC(c3cccnc3)(OC1)OC2. The molecule has 3 aliphatic heterocycles. The molecule has 1 aromatic heterocycles. The summed E-state index contributed by atoms with van der Waals surface area (Å²) in [6.07, 6.45) is 5.66. The topological polar surface area (TPSA) is 40.6 Å². The van der Waals surface area contributed by atoms with Crippen LogP contribution in [0, 0.1) is 5.41 Å². The van der Waals surface area contributed by atoms with Gasteiger partial charge in [-0.2, -0.15) is 0 Å². The van der Waals surface area contributed by atoms with Crippen LogP contribution in [-0.2, 0) is 20.2 Å². The molecule has 2 bridgehead atoms. The van der Waals surface area contributed by atoms with Crippen LogP contribution in [-0.4, -0.2) is 24.8 Å². The van der Waals surface area contributed by atoms with E-state index in [4.69, 9.17) is 14.2 Å². The predicted octanol–water partition coefficient (Wildman–Crippen LogP) is 2.06. The van der Waals surface area contributed by atoms with E-state index in [2.05, 4.69) is 11.9 Å². The molecule has 3 saturated heterocycles. The molecule has 0 spiro atoms. The maximum atomic E-state index is 5.82. The van der Waals surface area contributed by atoms with E-state index < -0.39 is 5.97 Å². The predicted molar refractivity (Wildman–Crippen MR) is 61.1 cm³/mol. The van der Waals surface area contributed by atoms with Gasteiger partial charge in [0.25, 0.3) is 0 Å². The minimum Gasteiger partial charge on any atom is -0.323 e. The molecule has 0 radical (unpaired) electrons. The second-order valence-corrected chi connectivity index (χ2v) is 4.91. The second-order valence-electron chi connectivity index (χ2n) is 4.91. The number of fused-ring (bicyclic) bond motifs is 3. The second kappa shape index (κ2) is 4.05. The van der Waals surface area contributed by atoms with Gasteiger partial charge >= 0.3 is 5.97 Å². The van der Waals surface area contributed by atoms with Gasteiger partial charge in [0.05, 0.1) is 25.4 Å². The highest BCUT2D eigenvalue weighted by molar-refractivity contribution is 5.15. The van der Waals surface area contributed by atoms with Gasteiger partial charge in [-0.1, -0.05) is 13.3 Å². The molecule has 92 valence electrons. The number of ether oxygens (including phenoxy) is 3. The molecule has 0 atom stereocenters. The summed E-state index contributed by atoms with van der Waals surface area (Å²) in [4.78, 5) is 4.08. The van der Waals surface area contributed by atoms with Crippen LogP contribution >= 0.6 is 0 Å². The molecule has 0 aliphatic carbocycles. The molecular formula is C13H17NO3. The summed E-state index contributed by atoms with van der Waals surface area (Å²) in [6, 6.07) is 3.79. The Bertz CT molecular complexity index is 368. The quantitative estimate of drug-likeness (QED) is 0.804. The number of rotatable bonds is 3. The summed E-state index contributed by atoms with van der Waals surface area (Å²) in [5.41, 5.74) is 0.892. The van der Waals surface area contributed by atoms with Gasteiger partial charge in [0.1, 0.15) is 0 Å². The lowest BCUT2D eigenvalue weighted by Gasteiger charge is -2.51. The van der Waals surface area contributed by atoms with Crippen molar-refractivity contribution in [3.63, 3.8) is 0 Å². The summed E-state index contributed by atoms with van der Waals surface area (Å²) in [6.45, 7) is 4.29. The monoisotopic (exact) mass is 235 g/mol. The zero-order chi connectivity index (χ0) is 11.8. The van der Waals surface area contributed by atoms with Crippen LogP contribution in [0.25, 0.3) is 0 Å². The molecule has 3 aliphatic rings. The van der Waals surface area contributed by atoms with Crippen molar-refractivity contribution in [3.8, 4) is 0 Å². The first-order chi connectivity index (χ1) is 8.29. The van der Waals surface area contributed by atoms with Crippen LogP contribution in [0.1, 0.15) is 25.3 Å². The Hall–Kier alpha value is -0.970. The summed E-state index contributed by atoms with van der Waals surface area (Å²) in [5.74, 6) is -1.01. The smallest absolute Gasteiger partial charge is 0.313 e.